The van der Waals surface area contributed by atoms with Crippen LogP contribution in [0.1, 0.15) is 0 Å². The molecule has 2 atom stereocenters. The zero-order valence-corrected chi connectivity index (χ0v) is 20.7. The molecule has 0 spiro atoms. The second-order valence-electron chi connectivity index (χ2n) is 4.45. The topological polar surface area (TPSA) is 136 Å². The van der Waals surface area contributed by atoms with E-state index in [4.69, 9.17) is 28.4 Å². The Bertz CT molecular complexity index is 296. The predicted octanol–water partition coefficient (Wildman–Crippen LogP) is -0.912. The molecule has 0 amide bonds. The van der Waals surface area contributed by atoms with E-state index in [1.807, 2.05) is 0 Å². The third-order valence-corrected chi connectivity index (χ3v) is 3.40. The second kappa shape index (κ2) is 28.8. The third kappa shape index (κ3) is 37.9. The van der Waals surface area contributed by atoms with Gasteiger partial charge in [0.05, 0.1) is 66.1 Å². The molecule has 0 aliphatic rings. The standard InChI is InChI=1S/2C7H16O5S.Zn/c2*1-10-2-3-11-4-5-12-6-7-13(8)9;/h2*2-7H2,1H3,(H,8,9);/q;;+2/p-2. The van der Waals surface area contributed by atoms with Gasteiger partial charge >= 0.3 is 19.5 Å². The first kappa shape index (κ1) is 32.3. The van der Waals surface area contributed by atoms with Crippen LogP contribution in [0.2, 0.25) is 0 Å². The van der Waals surface area contributed by atoms with Crippen LogP contribution >= 0.6 is 0 Å². The summed E-state index contributed by atoms with van der Waals surface area (Å²) in [7, 11) is 3.20. The first-order chi connectivity index (χ1) is 12.5. The summed E-state index contributed by atoms with van der Waals surface area (Å²) in [6, 6.07) is 0. The van der Waals surface area contributed by atoms with Crippen molar-refractivity contribution in [2.45, 2.75) is 0 Å². The van der Waals surface area contributed by atoms with Crippen LogP contribution in [0.5, 0.6) is 0 Å². The molecule has 0 saturated heterocycles. The zero-order valence-electron chi connectivity index (χ0n) is 16.1. The Morgan fingerprint density at radius 2 is 0.815 bits per heavy atom. The largest absolute Gasteiger partial charge is 2.00 e. The van der Waals surface area contributed by atoms with Crippen molar-refractivity contribution in [2.24, 2.45) is 0 Å². The van der Waals surface area contributed by atoms with Gasteiger partial charge in [-0.15, -0.1) is 0 Å². The van der Waals surface area contributed by atoms with E-state index in [0.29, 0.717) is 52.9 Å². The minimum atomic E-state index is -2.01. The van der Waals surface area contributed by atoms with Crippen molar-refractivity contribution in [3.05, 3.63) is 0 Å². The molecule has 0 aliphatic carbocycles. The van der Waals surface area contributed by atoms with Crippen molar-refractivity contribution in [1.82, 2.24) is 0 Å². The number of ether oxygens (including phenoxy) is 6. The Kier molecular flexibility index (Phi) is 34.4. The van der Waals surface area contributed by atoms with Crippen molar-refractivity contribution in [3.8, 4) is 0 Å². The maximum absolute atomic E-state index is 10.0. The quantitative estimate of drug-likeness (QED) is 0.136. The predicted molar refractivity (Wildman–Crippen MR) is 94.6 cm³/mol. The van der Waals surface area contributed by atoms with Crippen LogP contribution in [-0.2, 0) is 70.1 Å². The van der Waals surface area contributed by atoms with Gasteiger partial charge in [0.15, 0.2) is 0 Å². The molecule has 0 aromatic heterocycles. The summed E-state index contributed by atoms with van der Waals surface area (Å²) in [5.74, 6) is 0.0795. The Labute approximate surface area is 179 Å². The first-order valence-corrected chi connectivity index (χ1v) is 10.4. The van der Waals surface area contributed by atoms with Gasteiger partial charge in [-0.05, 0) is 0 Å². The maximum Gasteiger partial charge on any atom is 2.00 e. The van der Waals surface area contributed by atoms with Crippen LogP contribution in [0.3, 0.4) is 0 Å². The average Bonchev–Trinajstić information content (AvgIpc) is 2.60. The van der Waals surface area contributed by atoms with E-state index >= 15 is 0 Å². The maximum atomic E-state index is 10.0. The molecule has 10 nitrogen and oxygen atoms in total. The number of methoxy groups -OCH3 is 2. The Morgan fingerprint density at radius 1 is 0.556 bits per heavy atom. The smallest absolute Gasteiger partial charge is 0.772 e. The third-order valence-electron chi connectivity index (χ3n) is 2.40. The minimum Gasteiger partial charge on any atom is -0.772 e. The van der Waals surface area contributed by atoms with Crippen molar-refractivity contribution in [3.63, 3.8) is 0 Å². The van der Waals surface area contributed by atoms with Crippen LogP contribution in [0.4, 0.5) is 0 Å². The molecule has 2 unspecified atom stereocenters. The van der Waals surface area contributed by atoms with Gasteiger partial charge in [0, 0.05) is 25.7 Å². The van der Waals surface area contributed by atoms with Gasteiger partial charge in [-0.3, -0.25) is 8.42 Å². The SMILES string of the molecule is COCCOCCOCCS(=O)[O-].COCCOCCOCCS(=O)[O-].[Zn+2]. The normalized spacial score (nSPS) is 12.6. The zero-order chi connectivity index (χ0) is 19.9. The molecule has 0 heterocycles. The summed E-state index contributed by atoms with van der Waals surface area (Å²) in [5.41, 5.74) is 0. The van der Waals surface area contributed by atoms with E-state index < -0.39 is 22.2 Å². The van der Waals surface area contributed by atoms with Gasteiger partial charge in [0.1, 0.15) is 0 Å². The van der Waals surface area contributed by atoms with Crippen molar-refractivity contribution in [2.75, 3.05) is 91.8 Å². The fraction of sp³-hybridized carbons (Fsp3) is 1.00. The molecular weight excluding hydrogens is 458 g/mol. The average molecular weight is 488 g/mol. The number of hydrogen-bond donors (Lipinski definition) is 0. The second-order valence-corrected chi connectivity index (χ2v) is 6.48. The monoisotopic (exact) mass is 486 g/mol. The van der Waals surface area contributed by atoms with Crippen molar-refractivity contribution >= 4 is 22.2 Å². The summed E-state index contributed by atoms with van der Waals surface area (Å²) in [4.78, 5) is 0. The van der Waals surface area contributed by atoms with Crippen LogP contribution in [0.25, 0.3) is 0 Å². The first-order valence-electron chi connectivity index (χ1n) is 7.95. The molecule has 160 valence electrons. The van der Waals surface area contributed by atoms with E-state index in [2.05, 4.69) is 0 Å². The van der Waals surface area contributed by atoms with Crippen molar-refractivity contribution < 1.29 is 65.4 Å². The van der Waals surface area contributed by atoms with Crippen LogP contribution in [0.15, 0.2) is 0 Å². The minimum absolute atomic E-state index is 0. The molecule has 0 N–H and O–H groups in total. The van der Waals surface area contributed by atoms with Crippen LogP contribution < -0.4 is 0 Å². The molecule has 0 rings (SSSR count). The summed E-state index contributed by atoms with van der Waals surface area (Å²) in [5, 5.41) is 0. The van der Waals surface area contributed by atoms with Gasteiger partial charge in [0.25, 0.3) is 0 Å². The summed E-state index contributed by atoms with van der Waals surface area (Å²) in [6.07, 6.45) is 0. The van der Waals surface area contributed by atoms with Gasteiger partial charge in [-0.1, -0.05) is 22.2 Å². The van der Waals surface area contributed by atoms with E-state index in [0.717, 1.165) is 0 Å². The van der Waals surface area contributed by atoms with Gasteiger partial charge in [-0.2, -0.15) is 0 Å². The summed E-state index contributed by atoms with van der Waals surface area (Å²) in [6.45, 7) is 4.41. The molecule has 0 radical (unpaired) electrons. The van der Waals surface area contributed by atoms with Gasteiger partial charge < -0.3 is 37.5 Å². The fourth-order valence-corrected chi connectivity index (χ4v) is 1.69. The molecule has 0 aliphatic heterocycles. The fourth-order valence-electron chi connectivity index (χ4n) is 1.18. The van der Waals surface area contributed by atoms with Gasteiger partial charge in [0.2, 0.25) is 0 Å². The Hall–Kier alpha value is 0.603. The Balaban J connectivity index is -0.000000411. The van der Waals surface area contributed by atoms with Crippen LogP contribution in [-0.4, -0.2) is 109 Å². The molecule has 0 bridgehead atoms. The van der Waals surface area contributed by atoms with E-state index in [9.17, 15) is 17.5 Å². The molecular formula is C14H30O10S2Zn. The Morgan fingerprint density at radius 3 is 1.07 bits per heavy atom. The number of hydrogen-bond acceptors (Lipinski definition) is 10. The molecule has 0 aromatic carbocycles. The van der Waals surface area contributed by atoms with E-state index in [1.54, 1.807) is 14.2 Å². The number of rotatable bonds is 18. The van der Waals surface area contributed by atoms with Gasteiger partial charge in [-0.25, -0.2) is 0 Å². The molecule has 0 saturated carbocycles. The summed E-state index contributed by atoms with van der Waals surface area (Å²) < 4.78 is 69.8. The summed E-state index contributed by atoms with van der Waals surface area (Å²) >= 11 is -4.02. The van der Waals surface area contributed by atoms with E-state index in [1.165, 1.54) is 0 Å². The molecule has 0 aromatic rings. The molecule has 0 fully saturated rings. The van der Waals surface area contributed by atoms with Crippen molar-refractivity contribution in [1.29, 1.82) is 0 Å². The molecule has 27 heavy (non-hydrogen) atoms. The van der Waals surface area contributed by atoms with E-state index in [-0.39, 0.29) is 44.2 Å². The molecule has 13 heteroatoms. The van der Waals surface area contributed by atoms with Crippen LogP contribution in [0, 0.1) is 0 Å².